The van der Waals surface area contributed by atoms with Crippen LogP contribution in [0.4, 0.5) is 4.39 Å². The van der Waals surface area contributed by atoms with E-state index in [9.17, 15) is 12.8 Å². The Morgan fingerprint density at radius 1 is 1.47 bits per heavy atom. The maximum absolute atomic E-state index is 13.7. The van der Waals surface area contributed by atoms with Gasteiger partial charge in [-0.25, -0.2) is 17.5 Å². The van der Waals surface area contributed by atoms with E-state index < -0.39 is 20.7 Å². The zero-order valence-corrected chi connectivity index (χ0v) is 11.1. The summed E-state index contributed by atoms with van der Waals surface area (Å²) >= 11 is 0. The largest absolute Gasteiger partial charge is 0.384 e. The van der Waals surface area contributed by atoms with Gasteiger partial charge in [0.1, 0.15) is 17.3 Å². The summed E-state index contributed by atoms with van der Waals surface area (Å²) in [5, 5.41) is 8.52. The number of sulfonamides is 1. The van der Waals surface area contributed by atoms with Crippen LogP contribution in [-0.4, -0.2) is 40.4 Å². The van der Waals surface area contributed by atoms with Crippen molar-refractivity contribution in [3.63, 3.8) is 0 Å². The van der Waals surface area contributed by atoms with Crippen molar-refractivity contribution in [2.24, 2.45) is 0 Å². The molecule has 0 atom stereocenters. The summed E-state index contributed by atoms with van der Waals surface area (Å²) in [6.07, 6.45) is 0. The predicted molar refractivity (Wildman–Crippen MR) is 67.4 cm³/mol. The third kappa shape index (κ3) is 4.61. The predicted octanol–water partition coefficient (Wildman–Crippen LogP) is 0.0942. The lowest BCUT2D eigenvalue weighted by Gasteiger charge is -2.07. The van der Waals surface area contributed by atoms with E-state index in [2.05, 4.69) is 16.6 Å². The van der Waals surface area contributed by atoms with Gasteiger partial charge in [0.15, 0.2) is 0 Å². The molecule has 1 aromatic rings. The first-order valence-electron chi connectivity index (χ1n) is 5.39. The summed E-state index contributed by atoms with van der Waals surface area (Å²) in [5.41, 5.74) is 0.294. The second-order valence-electron chi connectivity index (χ2n) is 3.50. The van der Waals surface area contributed by atoms with E-state index in [1.165, 1.54) is 13.2 Å². The van der Waals surface area contributed by atoms with E-state index in [1.54, 1.807) is 0 Å². The Bertz CT molecular complexity index is 589. The fourth-order valence-corrected chi connectivity index (χ4v) is 2.36. The van der Waals surface area contributed by atoms with Gasteiger partial charge in [-0.05, 0) is 18.2 Å². The summed E-state index contributed by atoms with van der Waals surface area (Å²) in [6.45, 7) is -0.0918. The van der Waals surface area contributed by atoms with Crippen LogP contribution in [0.3, 0.4) is 0 Å². The number of ether oxygens (including phenoxy) is 1. The molecular weight excluding hydrogens is 273 g/mol. The van der Waals surface area contributed by atoms with Crippen LogP contribution in [0.1, 0.15) is 5.56 Å². The van der Waals surface area contributed by atoms with E-state index in [0.29, 0.717) is 5.56 Å². The first-order valence-corrected chi connectivity index (χ1v) is 6.87. The summed E-state index contributed by atoms with van der Waals surface area (Å²) in [4.78, 5) is -0.446. The molecule has 0 saturated carbocycles. The number of methoxy groups -OCH3 is 1. The molecule has 0 bridgehead atoms. The van der Waals surface area contributed by atoms with Crippen molar-refractivity contribution in [2.45, 2.75) is 4.90 Å². The second-order valence-corrected chi connectivity index (χ2v) is 5.23. The highest BCUT2D eigenvalue weighted by atomic mass is 32.2. The normalized spacial score (nSPS) is 10.9. The Morgan fingerprint density at radius 2 is 2.21 bits per heavy atom. The Morgan fingerprint density at radius 3 is 2.79 bits per heavy atom. The van der Waals surface area contributed by atoms with Crippen LogP contribution in [0.15, 0.2) is 23.1 Å². The highest BCUT2D eigenvalue weighted by Crippen LogP contribution is 2.15. The van der Waals surface area contributed by atoms with E-state index in [1.807, 2.05) is 0 Å². The Hall–Kier alpha value is -1.46. The standard InChI is InChI=1S/C12H14FNO4S/c1-18-8-6-14-19(16,17)12-5-4-10(3-2-7-15)9-11(12)13/h4-5,9,14-15H,6-8H2,1H3. The third-order valence-electron chi connectivity index (χ3n) is 2.13. The molecule has 0 fully saturated rings. The van der Waals surface area contributed by atoms with Crippen LogP contribution in [0.2, 0.25) is 0 Å². The number of benzene rings is 1. The minimum absolute atomic E-state index is 0.0599. The van der Waals surface area contributed by atoms with Crippen LogP contribution >= 0.6 is 0 Å². The molecule has 0 aliphatic rings. The van der Waals surface area contributed by atoms with Crippen LogP contribution < -0.4 is 4.72 Å². The van der Waals surface area contributed by atoms with E-state index >= 15 is 0 Å². The van der Waals surface area contributed by atoms with Crippen LogP contribution in [0.25, 0.3) is 0 Å². The van der Waals surface area contributed by atoms with Crippen molar-refractivity contribution in [2.75, 3.05) is 26.9 Å². The molecule has 0 unspecified atom stereocenters. The molecule has 0 heterocycles. The van der Waals surface area contributed by atoms with Gasteiger partial charge in [-0.3, -0.25) is 0 Å². The fraction of sp³-hybridized carbons (Fsp3) is 0.333. The van der Waals surface area contributed by atoms with Gasteiger partial charge in [-0.15, -0.1) is 0 Å². The average Bonchev–Trinajstić information content (AvgIpc) is 2.36. The highest BCUT2D eigenvalue weighted by Gasteiger charge is 2.18. The Balaban J connectivity index is 2.95. The number of aliphatic hydroxyl groups excluding tert-OH is 1. The maximum Gasteiger partial charge on any atom is 0.243 e. The zero-order valence-electron chi connectivity index (χ0n) is 10.3. The van der Waals surface area contributed by atoms with Crippen molar-refractivity contribution in [1.82, 2.24) is 4.72 Å². The minimum Gasteiger partial charge on any atom is -0.384 e. The molecule has 0 radical (unpaired) electrons. The van der Waals surface area contributed by atoms with Gasteiger partial charge in [-0.2, -0.15) is 0 Å². The van der Waals surface area contributed by atoms with Crippen molar-refractivity contribution in [3.8, 4) is 11.8 Å². The topological polar surface area (TPSA) is 75.6 Å². The number of hydrogen-bond donors (Lipinski definition) is 2. The lowest BCUT2D eigenvalue weighted by Crippen LogP contribution is -2.27. The van der Waals surface area contributed by atoms with Gasteiger partial charge in [0.2, 0.25) is 10.0 Å². The first kappa shape index (κ1) is 15.6. The lowest BCUT2D eigenvalue weighted by atomic mass is 10.2. The molecule has 0 aliphatic heterocycles. The van der Waals surface area contributed by atoms with Gasteiger partial charge in [0.25, 0.3) is 0 Å². The molecule has 104 valence electrons. The summed E-state index contributed by atoms with van der Waals surface area (Å²) in [7, 11) is -2.47. The summed E-state index contributed by atoms with van der Waals surface area (Å²) < 4.78 is 44.2. The lowest BCUT2D eigenvalue weighted by molar-refractivity contribution is 0.204. The molecule has 1 aromatic carbocycles. The minimum atomic E-state index is -3.90. The van der Waals surface area contributed by atoms with Crippen LogP contribution in [0, 0.1) is 17.7 Å². The van der Waals surface area contributed by atoms with Crippen LogP contribution in [0.5, 0.6) is 0 Å². The van der Waals surface area contributed by atoms with Crippen molar-refractivity contribution in [1.29, 1.82) is 0 Å². The molecule has 2 N–H and O–H groups in total. The molecule has 0 amide bonds. The smallest absolute Gasteiger partial charge is 0.243 e. The third-order valence-corrected chi connectivity index (χ3v) is 3.63. The first-order chi connectivity index (χ1) is 9.01. The SMILES string of the molecule is COCCNS(=O)(=O)c1ccc(C#CCO)cc1F. The molecular formula is C12H14FNO4S. The summed E-state index contributed by atoms with van der Waals surface area (Å²) in [6, 6.07) is 3.51. The molecule has 0 aromatic heterocycles. The molecule has 1 rings (SSSR count). The fourth-order valence-electron chi connectivity index (χ4n) is 1.29. The number of halogens is 1. The highest BCUT2D eigenvalue weighted by molar-refractivity contribution is 7.89. The number of rotatable bonds is 5. The Kier molecular flexibility index (Phi) is 5.92. The quantitative estimate of drug-likeness (QED) is 0.595. The molecule has 5 nitrogen and oxygen atoms in total. The van der Waals surface area contributed by atoms with Crippen LogP contribution in [-0.2, 0) is 14.8 Å². The molecule has 0 saturated heterocycles. The van der Waals surface area contributed by atoms with Gasteiger partial charge >= 0.3 is 0 Å². The van der Waals surface area contributed by atoms with Gasteiger partial charge < -0.3 is 9.84 Å². The number of hydrogen-bond acceptors (Lipinski definition) is 4. The number of aliphatic hydroxyl groups is 1. The van der Waals surface area contributed by atoms with Gasteiger partial charge in [0, 0.05) is 19.2 Å². The van der Waals surface area contributed by atoms with Gasteiger partial charge in [0.05, 0.1) is 6.61 Å². The zero-order chi connectivity index (χ0) is 14.3. The second kappa shape index (κ2) is 7.21. The monoisotopic (exact) mass is 287 g/mol. The van der Waals surface area contributed by atoms with E-state index in [4.69, 9.17) is 9.84 Å². The molecule has 0 aliphatic carbocycles. The van der Waals surface area contributed by atoms with Gasteiger partial charge in [-0.1, -0.05) is 11.8 Å². The number of nitrogens with one attached hydrogen (secondary N) is 1. The molecule has 0 spiro atoms. The Labute approximate surface area is 111 Å². The molecule has 19 heavy (non-hydrogen) atoms. The maximum atomic E-state index is 13.7. The van der Waals surface area contributed by atoms with E-state index in [-0.39, 0.29) is 19.8 Å². The summed E-state index contributed by atoms with van der Waals surface area (Å²) in [5.74, 6) is 3.95. The molecule has 7 heteroatoms. The average molecular weight is 287 g/mol. The van der Waals surface area contributed by atoms with Crippen molar-refractivity contribution >= 4 is 10.0 Å². The van der Waals surface area contributed by atoms with Crippen molar-refractivity contribution < 1.29 is 22.7 Å². The van der Waals surface area contributed by atoms with Crippen molar-refractivity contribution in [3.05, 3.63) is 29.6 Å². The van der Waals surface area contributed by atoms with E-state index in [0.717, 1.165) is 12.1 Å².